The molecule has 23 heavy (non-hydrogen) atoms. The van der Waals surface area contributed by atoms with Crippen molar-refractivity contribution < 1.29 is 31.1 Å². The van der Waals surface area contributed by atoms with Crippen LogP contribution in [-0.2, 0) is 21.7 Å². The molecule has 0 bridgehead atoms. The van der Waals surface area contributed by atoms with Crippen molar-refractivity contribution in [1.29, 1.82) is 0 Å². The van der Waals surface area contributed by atoms with Crippen molar-refractivity contribution in [2.75, 3.05) is 13.3 Å². The van der Waals surface area contributed by atoms with E-state index in [1.807, 2.05) is 0 Å². The van der Waals surface area contributed by atoms with E-state index in [2.05, 4.69) is 81.8 Å². The number of allylic oxidation sites excluding steroid dienone is 4. The minimum Gasteiger partial charge on any atom is -1.00 e. The summed E-state index contributed by atoms with van der Waals surface area (Å²) >= 11 is 0. The van der Waals surface area contributed by atoms with Crippen LogP contribution >= 0.6 is 16.5 Å². The Kier molecular flexibility index (Phi) is 19.9. The van der Waals surface area contributed by atoms with Gasteiger partial charge in [-0.25, -0.2) is 11.6 Å². The van der Waals surface area contributed by atoms with Crippen LogP contribution < -0.4 is 9.41 Å². The third-order valence-corrected chi connectivity index (χ3v) is 4.91. The Morgan fingerprint density at radius 1 is 1.00 bits per heavy atom. The van der Waals surface area contributed by atoms with E-state index in [9.17, 15) is 0 Å². The Bertz CT molecular complexity index is 545. The van der Waals surface area contributed by atoms with E-state index < -0.39 is 0 Å². The normalized spacial score (nSPS) is 12.2. The first-order chi connectivity index (χ1) is 9.67. The standard InChI is InChI=1S/C9H7.C7H9.C2H8P2.2FH.Ti/c1-2-5-9-7-3-6-8(9)4-1;1-6-3-4-7(2)5-6;1-3-4-2;;;/h1-7H;5H,3H2,1-2H3;3-4H,1-2H3;2*1H;/q2*-1;;;;+4/p-2. The molecule has 0 radical (unpaired) electrons. The van der Waals surface area contributed by atoms with Gasteiger partial charge in [-0.05, 0) is 13.3 Å². The van der Waals surface area contributed by atoms with E-state index in [0.29, 0.717) is 0 Å². The molecule has 2 aromatic rings. The molecule has 0 saturated carbocycles. The van der Waals surface area contributed by atoms with Gasteiger partial charge < -0.3 is 9.41 Å². The topological polar surface area (TPSA) is 0 Å². The number of hydrogen-bond acceptors (Lipinski definition) is 0. The second-order valence-corrected chi connectivity index (χ2v) is 8.68. The molecule has 0 N–H and O–H groups in total. The number of benzene rings is 1. The SMILES string of the molecule is CC1=[C-]CC(C)=C1.CPPC.[F-].[F-].[Ti+4].c1ccc2[cH-]ccc2c1. The number of halogens is 2. The van der Waals surface area contributed by atoms with Gasteiger partial charge in [-0.2, -0.15) is 23.1 Å². The van der Waals surface area contributed by atoms with Crippen molar-refractivity contribution in [3.63, 3.8) is 0 Å². The van der Waals surface area contributed by atoms with Crippen LogP contribution in [0.3, 0.4) is 0 Å². The first-order valence-electron chi connectivity index (χ1n) is 6.86. The summed E-state index contributed by atoms with van der Waals surface area (Å²) in [5.41, 5.74) is 2.72. The van der Waals surface area contributed by atoms with Crippen molar-refractivity contribution in [3.8, 4) is 0 Å². The van der Waals surface area contributed by atoms with Crippen molar-refractivity contribution in [1.82, 2.24) is 0 Å². The number of fused-ring (bicyclic) bond motifs is 1. The zero-order chi connectivity index (χ0) is 14.8. The van der Waals surface area contributed by atoms with E-state index in [1.54, 1.807) is 0 Å². The molecule has 5 heteroatoms. The average Bonchev–Trinajstić information content (AvgIpc) is 3.08. The molecule has 0 spiro atoms. The van der Waals surface area contributed by atoms with E-state index in [-0.39, 0.29) is 31.1 Å². The first-order valence-corrected chi connectivity index (χ1v) is 10.9. The summed E-state index contributed by atoms with van der Waals surface area (Å²) < 4.78 is 0. The van der Waals surface area contributed by atoms with Gasteiger partial charge in [0.2, 0.25) is 0 Å². The minimum absolute atomic E-state index is 0. The molecule has 2 atom stereocenters. The number of rotatable bonds is 1. The van der Waals surface area contributed by atoms with Crippen LogP contribution in [0.1, 0.15) is 20.3 Å². The van der Waals surface area contributed by atoms with Crippen molar-refractivity contribution in [3.05, 3.63) is 65.8 Å². The average molecular weight is 388 g/mol. The zero-order valence-electron chi connectivity index (χ0n) is 14.1. The van der Waals surface area contributed by atoms with Crippen LogP contribution in [0, 0.1) is 6.08 Å². The molecule has 3 rings (SSSR count). The smallest absolute Gasteiger partial charge is 1.00 e. The van der Waals surface area contributed by atoms with E-state index in [1.165, 1.54) is 38.5 Å². The summed E-state index contributed by atoms with van der Waals surface area (Å²) in [5.74, 6) is 0. The third-order valence-electron chi connectivity index (χ3n) is 2.91. The molecule has 1 aliphatic carbocycles. The fourth-order valence-electron chi connectivity index (χ4n) is 1.82. The molecule has 0 aliphatic heterocycles. The van der Waals surface area contributed by atoms with Crippen molar-refractivity contribution in [2.45, 2.75) is 20.3 Å². The minimum atomic E-state index is 0. The van der Waals surface area contributed by atoms with Gasteiger partial charge in [-0.15, -0.1) is 52.6 Å². The van der Waals surface area contributed by atoms with Crippen LogP contribution in [0.25, 0.3) is 10.8 Å². The molecule has 0 amide bonds. The van der Waals surface area contributed by atoms with Crippen LogP contribution in [0.4, 0.5) is 0 Å². The van der Waals surface area contributed by atoms with E-state index in [0.717, 1.165) is 6.42 Å². The Balaban J connectivity index is -0.000000262. The van der Waals surface area contributed by atoms with Crippen LogP contribution in [0.15, 0.2) is 59.7 Å². The maximum atomic E-state index is 3.19. The van der Waals surface area contributed by atoms with Crippen molar-refractivity contribution >= 4 is 27.3 Å². The van der Waals surface area contributed by atoms with Gasteiger partial charge in [0.15, 0.2) is 0 Å². The van der Waals surface area contributed by atoms with Crippen LogP contribution in [0.2, 0.25) is 0 Å². The summed E-state index contributed by atoms with van der Waals surface area (Å²) in [6.45, 7) is 8.65. The second-order valence-electron chi connectivity index (χ2n) is 4.68. The Hall–Kier alpha value is -0.256. The Morgan fingerprint density at radius 2 is 1.61 bits per heavy atom. The monoisotopic (exact) mass is 388 g/mol. The molecule has 0 fully saturated rings. The van der Waals surface area contributed by atoms with Gasteiger partial charge in [0, 0.05) is 0 Å². The fraction of sp³-hybridized carbons (Fsp3) is 0.278. The number of hydrogen-bond donors (Lipinski definition) is 0. The van der Waals surface area contributed by atoms with Crippen molar-refractivity contribution in [2.24, 2.45) is 0 Å². The third kappa shape index (κ3) is 11.9. The summed E-state index contributed by atoms with van der Waals surface area (Å²) in [4.78, 5) is 0. The van der Waals surface area contributed by atoms with Gasteiger partial charge in [0.1, 0.15) is 0 Å². The van der Waals surface area contributed by atoms with Gasteiger partial charge in [-0.1, -0.05) is 19.9 Å². The van der Waals surface area contributed by atoms with Crippen LogP contribution in [-0.4, -0.2) is 13.3 Å². The molecule has 1 aliphatic rings. The van der Waals surface area contributed by atoms with Gasteiger partial charge in [0.25, 0.3) is 0 Å². The first kappa shape index (κ1) is 27.6. The van der Waals surface area contributed by atoms with Crippen LogP contribution in [0.5, 0.6) is 0 Å². The van der Waals surface area contributed by atoms with Gasteiger partial charge in [0.05, 0.1) is 0 Å². The summed E-state index contributed by atoms with van der Waals surface area (Å²) in [7, 11) is 2.34. The molecule has 2 aromatic carbocycles. The maximum Gasteiger partial charge on any atom is 4.00 e. The largest absolute Gasteiger partial charge is 4.00 e. The predicted octanol–water partition coefficient (Wildman–Crippen LogP) is 0.168. The van der Waals surface area contributed by atoms with E-state index >= 15 is 0 Å². The maximum absolute atomic E-state index is 3.19. The summed E-state index contributed by atoms with van der Waals surface area (Å²) in [6.07, 6.45) is 6.41. The van der Waals surface area contributed by atoms with Gasteiger partial charge in [-0.3, -0.25) is 6.08 Å². The molecule has 0 saturated heterocycles. The summed E-state index contributed by atoms with van der Waals surface area (Å²) in [6, 6.07) is 14.7. The molecule has 0 nitrogen and oxygen atoms in total. The van der Waals surface area contributed by atoms with Gasteiger partial charge >= 0.3 is 21.7 Å². The van der Waals surface area contributed by atoms with E-state index in [4.69, 9.17) is 0 Å². The predicted molar refractivity (Wildman–Crippen MR) is 98.8 cm³/mol. The molecular weight excluding hydrogens is 364 g/mol. The Labute approximate surface area is 157 Å². The molecule has 0 heterocycles. The molecule has 124 valence electrons. The second kappa shape index (κ2) is 16.6. The quantitative estimate of drug-likeness (QED) is 0.371. The zero-order valence-corrected chi connectivity index (χ0v) is 17.6. The molecule has 2 unspecified atom stereocenters. The molecule has 0 aromatic heterocycles. The Morgan fingerprint density at radius 3 is 2.00 bits per heavy atom. The fourth-order valence-corrected chi connectivity index (χ4v) is 1.82. The summed E-state index contributed by atoms with van der Waals surface area (Å²) in [5, 5.41) is 2.66. The molecular formula is C18H24F2P2Ti.